The molecule has 1 fully saturated rings. The molecule has 0 aromatic heterocycles. The Morgan fingerprint density at radius 2 is 1.73 bits per heavy atom. The van der Waals surface area contributed by atoms with E-state index in [4.69, 9.17) is 5.73 Å². The van der Waals surface area contributed by atoms with Crippen LogP contribution in [-0.4, -0.2) is 29.1 Å². The Labute approximate surface area is 237 Å². The minimum atomic E-state index is -0.915. The summed E-state index contributed by atoms with van der Waals surface area (Å²) in [6.45, 7) is 6.70. The number of hydrogen-bond acceptors (Lipinski definition) is 3. The number of carboxylic acid groups (broad SMARTS) is 1. The molecule has 3 aromatic carbocycles. The van der Waals surface area contributed by atoms with Crippen molar-refractivity contribution in [3.8, 4) is 11.1 Å². The third-order valence-electron chi connectivity index (χ3n) is 9.10. The molecule has 40 heavy (non-hydrogen) atoms. The monoisotopic (exact) mass is 536 g/mol. The fourth-order valence-corrected chi connectivity index (χ4v) is 6.55. The fourth-order valence-electron chi connectivity index (χ4n) is 6.55. The van der Waals surface area contributed by atoms with Crippen molar-refractivity contribution in [1.29, 1.82) is 0 Å². The molecule has 1 amide bonds. The Kier molecular flexibility index (Phi) is 8.22. The highest BCUT2D eigenvalue weighted by Gasteiger charge is 2.28. The highest BCUT2D eigenvalue weighted by atomic mass is 16.4. The van der Waals surface area contributed by atoms with Gasteiger partial charge < -0.3 is 16.2 Å². The van der Waals surface area contributed by atoms with Gasteiger partial charge >= 0.3 is 5.97 Å². The van der Waals surface area contributed by atoms with Gasteiger partial charge in [0.15, 0.2) is 0 Å². The number of carbonyl (C=O) groups excluding carboxylic acids is 1. The molecule has 0 heterocycles. The predicted molar refractivity (Wildman–Crippen MR) is 161 cm³/mol. The van der Waals surface area contributed by atoms with Gasteiger partial charge in [-0.15, -0.1) is 0 Å². The third kappa shape index (κ3) is 5.90. The smallest absolute Gasteiger partial charge is 0.336 e. The summed E-state index contributed by atoms with van der Waals surface area (Å²) in [7, 11) is 0. The van der Waals surface area contributed by atoms with Gasteiger partial charge in [-0.3, -0.25) is 4.79 Å². The number of nitrogens with one attached hydrogen (secondary N) is 1. The zero-order valence-corrected chi connectivity index (χ0v) is 23.7. The molecule has 4 atom stereocenters. The summed E-state index contributed by atoms with van der Waals surface area (Å²) in [6.07, 6.45) is 5.86. The van der Waals surface area contributed by atoms with E-state index in [1.807, 2.05) is 30.3 Å². The number of fused-ring (bicyclic) bond motifs is 1. The van der Waals surface area contributed by atoms with E-state index in [0.29, 0.717) is 23.0 Å². The molecule has 3 aromatic rings. The number of hydrogen-bond donors (Lipinski definition) is 3. The molecular formula is C35H40N2O3. The lowest BCUT2D eigenvalue weighted by atomic mass is 9.80. The van der Waals surface area contributed by atoms with Crippen molar-refractivity contribution in [2.45, 2.75) is 77.3 Å². The Balaban J connectivity index is 1.35. The lowest BCUT2D eigenvalue weighted by Crippen LogP contribution is -2.42. The summed E-state index contributed by atoms with van der Waals surface area (Å²) in [4.78, 5) is 24.8. The Hall–Kier alpha value is -3.70. The van der Waals surface area contributed by atoms with E-state index in [0.717, 1.165) is 49.7 Å². The van der Waals surface area contributed by atoms with Crippen molar-refractivity contribution in [2.75, 3.05) is 0 Å². The molecule has 5 nitrogen and oxygen atoms in total. The molecule has 2 aliphatic carbocycles. The summed E-state index contributed by atoms with van der Waals surface area (Å²) in [5, 5.41) is 12.8. The number of allylic oxidation sites excluding steroid dienone is 2. The molecule has 208 valence electrons. The van der Waals surface area contributed by atoms with Gasteiger partial charge in [0.2, 0.25) is 0 Å². The lowest BCUT2D eigenvalue weighted by Gasteiger charge is -2.27. The largest absolute Gasteiger partial charge is 0.478 e. The molecule has 0 saturated heterocycles. The van der Waals surface area contributed by atoms with Crippen LogP contribution in [0, 0.1) is 5.92 Å². The van der Waals surface area contributed by atoms with E-state index >= 15 is 0 Å². The lowest BCUT2D eigenvalue weighted by molar-refractivity contribution is 0.0697. The maximum Gasteiger partial charge on any atom is 0.336 e. The van der Waals surface area contributed by atoms with Crippen molar-refractivity contribution in [3.63, 3.8) is 0 Å². The van der Waals surface area contributed by atoms with Crippen LogP contribution in [0.5, 0.6) is 0 Å². The van der Waals surface area contributed by atoms with E-state index in [9.17, 15) is 14.7 Å². The van der Waals surface area contributed by atoms with Crippen LogP contribution in [-0.2, 0) is 6.42 Å². The molecule has 0 aliphatic heterocycles. The van der Waals surface area contributed by atoms with Crippen LogP contribution in [0.3, 0.4) is 0 Å². The predicted octanol–water partition coefficient (Wildman–Crippen LogP) is 7.21. The van der Waals surface area contributed by atoms with Crippen molar-refractivity contribution < 1.29 is 14.7 Å². The van der Waals surface area contributed by atoms with Crippen LogP contribution in [0.15, 0.2) is 72.3 Å². The summed E-state index contributed by atoms with van der Waals surface area (Å²) in [6, 6.07) is 22.0. The first-order valence-electron chi connectivity index (χ1n) is 14.5. The van der Waals surface area contributed by atoms with E-state index < -0.39 is 5.97 Å². The van der Waals surface area contributed by atoms with E-state index in [2.05, 4.69) is 50.4 Å². The van der Waals surface area contributed by atoms with Gasteiger partial charge in [0.05, 0.1) is 5.56 Å². The normalized spacial score (nSPS) is 22.8. The van der Waals surface area contributed by atoms with E-state index in [-0.39, 0.29) is 18.0 Å². The highest BCUT2D eigenvalue weighted by molar-refractivity contribution is 5.96. The van der Waals surface area contributed by atoms with E-state index in [1.165, 1.54) is 27.8 Å². The molecular weight excluding hydrogens is 496 g/mol. The average molecular weight is 537 g/mol. The topological polar surface area (TPSA) is 92.4 Å². The fraction of sp³-hybridized carbons (Fsp3) is 0.371. The second kappa shape index (κ2) is 11.8. The second-order valence-electron chi connectivity index (χ2n) is 11.8. The molecule has 5 rings (SSSR count). The third-order valence-corrected chi connectivity index (χ3v) is 9.10. The Morgan fingerprint density at radius 1 is 0.975 bits per heavy atom. The van der Waals surface area contributed by atoms with Gasteiger partial charge in [-0.1, -0.05) is 61.0 Å². The number of rotatable bonds is 6. The second-order valence-corrected chi connectivity index (χ2v) is 11.8. The molecule has 2 aliphatic rings. The maximum absolute atomic E-state index is 13.2. The zero-order chi connectivity index (χ0) is 28.4. The van der Waals surface area contributed by atoms with Gasteiger partial charge in [0.1, 0.15) is 0 Å². The first kappa shape index (κ1) is 27.9. The van der Waals surface area contributed by atoms with Gasteiger partial charge in [-0.2, -0.15) is 0 Å². The molecule has 5 heteroatoms. The van der Waals surface area contributed by atoms with Crippen LogP contribution in [0.2, 0.25) is 0 Å². The zero-order valence-electron chi connectivity index (χ0n) is 23.7. The quantitative estimate of drug-likeness (QED) is 0.310. The van der Waals surface area contributed by atoms with Crippen LogP contribution in [0.1, 0.15) is 96.2 Å². The van der Waals surface area contributed by atoms with Crippen molar-refractivity contribution >= 4 is 17.4 Å². The highest BCUT2D eigenvalue weighted by Crippen LogP contribution is 2.41. The summed E-state index contributed by atoms with van der Waals surface area (Å²) < 4.78 is 0. The number of benzene rings is 3. The van der Waals surface area contributed by atoms with Gasteiger partial charge in [0.25, 0.3) is 5.91 Å². The van der Waals surface area contributed by atoms with E-state index in [1.54, 1.807) is 12.1 Å². The van der Waals surface area contributed by atoms with Crippen LogP contribution >= 0.6 is 0 Å². The van der Waals surface area contributed by atoms with Crippen molar-refractivity contribution in [3.05, 3.63) is 100 Å². The molecule has 0 spiro atoms. The number of nitrogens with two attached hydrogens (primary N) is 1. The summed E-state index contributed by atoms with van der Waals surface area (Å²) >= 11 is 0. The molecule has 4 unspecified atom stereocenters. The number of amides is 1. The van der Waals surface area contributed by atoms with Crippen molar-refractivity contribution in [2.24, 2.45) is 11.7 Å². The van der Waals surface area contributed by atoms with Gasteiger partial charge in [-0.05, 0) is 116 Å². The standard InChI is InChI=1S/C35H40N2O3/c1-21-17-27(18-24-11-13-25(14-12-24)31-9-4-5-10-32(31)35(39)40)23(3)30-16-15-26(19-33(30)22(21)2)34(38)37-29-8-6-7-28(36)20-29/h4-5,9-16,19,23,27-29H,6-8,17-18,20,36H2,1-3H3,(H,37,38)(H,39,40). The number of aromatic carboxylic acids is 1. The van der Waals surface area contributed by atoms with Crippen molar-refractivity contribution in [1.82, 2.24) is 5.32 Å². The van der Waals surface area contributed by atoms with Gasteiger partial charge in [0, 0.05) is 17.6 Å². The summed E-state index contributed by atoms with van der Waals surface area (Å²) in [5.74, 6) is -0.188. The van der Waals surface area contributed by atoms with Crippen LogP contribution in [0.4, 0.5) is 0 Å². The van der Waals surface area contributed by atoms with Crippen LogP contribution < -0.4 is 11.1 Å². The molecule has 4 N–H and O–H groups in total. The average Bonchev–Trinajstić information content (AvgIpc) is 3.03. The molecule has 1 saturated carbocycles. The SMILES string of the molecule is CC1=C(C)c2cc(C(=O)NC3CCCC(N)C3)ccc2C(C)C(Cc2ccc(-c3ccccc3C(=O)O)cc2)C1. The Bertz CT molecular complexity index is 1440. The minimum absolute atomic E-state index is 0.00892. The van der Waals surface area contributed by atoms with Gasteiger partial charge in [-0.25, -0.2) is 4.79 Å². The summed E-state index contributed by atoms with van der Waals surface area (Å²) in [5.41, 5.74) is 15.2. The minimum Gasteiger partial charge on any atom is -0.478 e. The number of carbonyl (C=O) groups is 2. The first-order valence-corrected chi connectivity index (χ1v) is 14.5. The first-order chi connectivity index (χ1) is 19.2. The molecule has 0 radical (unpaired) electrons. The number of carboxylic acids is 1. The maximum atomic E-state index is 13.2. The van der Waals surface area contributed by atoms with Crippen LogP contribution in [0.25, 0.3) is 16.7 Å². The Morgan fingerprint density at radius 3 is 2.45 bits per heavy atom. The molecule has 0 bridgehead atoms.